The van der Waals surface area contributed by atoms with E-state index in [1.165, 1.54) is 70.6 Å². The van der Waals surface area contributed by atoms with Crippen LogP contribution in [0.5, 0.6) is 0 Å². The van der Waals surface area contributed by atoms with Gasteiger partial charge in [0.15, 0.2) is 0 Å². The first kappa shape index (κ1) is 17.0. The molecule has 0 fully saturated rings. The van der Waals surface area contributed by atoms with Crippen molar-refractivity contribution in [3.8, 4) is 0 Å². The molecule has 17 heavy (non-hydrogen) atoms. The van der Waals surface area contributed by atoms with E-state index in [0.29, 0.717) is 6.42 Å². The van der Waals surface area contributed by atoms with Crippen LogP contribution in [0.3, 0.4) is 0 Å². The van der Waals surface area contributed by atoms with Crippen molar-refractivity contribution < 1.29 is 5.11 Å². The van der Waals surface area contributed by atoms with Gasteiger partial charge in [-0.2, -0.15) is 0 Å². The lowest BCUT2D eigenvalue weighted by Crippen LogP contribution is -2.03. The molecule has 0 saturated heterocycles. The molecule has 1 N–H and O–H groups in total. The zero-order valence-corrected chi connectivity index (χ0v) is 11.9. The Hall–Kier alpha value is -0.0400. The maximum atomic E-state index is 9.34. The molecular weight excluding hydrogens is 208 g/mol. The third-order valence-electron chi connectivity index (χ3n) is 3.47. The predicted octanol–water partition coefficient (Wildman–Crippen LogP) is 5.27. The van der Waals surface area contributed by atoms with Crippen LogP contribution >= 0.6 is 0 Å². The molecule has 0 aromatic carbocycles. The van der Waals surface area contributed by atoms with Crippen LogP contribution < -0.4 is 0 Å². The maximum Gasteiger partial charge on any atom is 0.0540 e. The van der Waals surface area contributed by atoms with Crippen LogP contribution in [0.15, 0.2) is 0 Å². The van der Waals surface area contributed by atoms with E-state index in [9.17, 15) is 5.11 Å². The fraction of sp³-hybridized carbons (Fsp3) is 0.938. The summed E-state index contributed by atoms with van der Waals surface area (Å²) in [5.41, 5.74) is 0. The first-order chi connectivity index (χ1) is 8.31. The van der Waals surface area contributed by atoms with Crippen molar-refractivity contribution in [1.29, 1.82) is 0 Å². The summed E-state index contributed by atoms with van der Waals surface area (Å²) in [5, 5.41) is 9.34. The van der Waals surface area contributed by atoms with Crippen LogP contribution in [0, 0.1) is 6.92 Å². The molecule has 0 amide bonds. The molecule has 0 bridgehead atoms. The maximum absolute atomic E-state index is 9.34. The topological polar surface area (TPSA) is 20.2 Å². The smallest absolute Gasteiger partial charge is 0.0540 e. The second-order valence-corrected chi connectivity index (χ2v) is 5.27. The molecule has 1 heteroatoms. The average molecular weight is 241 g/mol. The summed E-state index contributed by atoms with van der Waals surface area (Å²) in [4.78, 5) is 0. The number of unbranched alkanes of at least 4 members (excludes halogenated alkanes) is 10. The minimum Gasteiger partial charge on any atom is -0.393 e. The summed E-state index contributed by atoms with van der Waals surface area (Å²) >= 11 is 0. The molecule has 0 saturated carbocycles. The van der Waals surface area contributed by atoms with E-state index >= 15 is 0 Å². The Morgan fingerprint density at radius 3 is 1.59 bits per heavy atom. The molecular formula is C16H33O. The lowest BCUT2D eigenvalue weighted by molar-refractivity contribution is 0.163. The first-order valence-electron chi connectivity index (χ1n) is 7.78. The lowest BCUT2D eigenvalue weighted by atomic mass is 10.0. The summed E-state index contributed by atoms with van der Waals surface area (Å²) in [6.07, 6.45) is 16.5. The number of hydrogen-bond donors (Lipinski definition) is 1. The number of hydrogen-bond acceptors (Lipinski definition) is 1. The van der Waals surface area contributed by atoms with E-state index in [0.717, 1.165) is 6.42 Å². The molecule has 1 nitrogen and oxygen atoms in total. The minimum atomic E-state index is -0.159. The van der Waals surface area contributed by atoms with Crippen molar-refractivity contribution in [3.05, 3.63) is 6.92 Å². The molecule has 0 spiro atoms. The van der Waals surface area contributed by atoms with Gasteiger partial charge in [-0.1, -0.05) is 84.5 Å². The van der Waals surface area contributed by atoms with Gasteiger partial charge in [-0.3, -0.25) is 0 Å². The molecule has 0 aromatic heterocycles. The standard InChI is InChI=1S/C16H33O/c1-3-5-6-7-8-9-10-11-12-13-14-15-16(17)4-2/h16-17H,2-15H2,1H3. The normalized spacial score (nSPS) is 12.9. The highest BCUT2D eigenvalue weighted by molar-refractivity contribution is 4.57. The molecule has 0 aliphatic rings. The van der Waals surface area contributed by atoms with Crippen LogP contribution in [0.2, 0.25) is 0 Å². The highest BCUT2D eigenvalue weighted by atomic mass is 16.3. The summed E-state index contributed by atoms with van der Waals surface area (Å²) in [7, 11) is 0. The van der Waals surface area contributed by atoms with Crippen LogP contribution in [0.25, 0.3) is 0 Å². The van der Waals surface area contributed by atoms with Crippen molar-refractivity contribution in [2.24, 2.45) is 0 Å². The van der Waals surface area contributed by atoms with Crippen molar-refractivity contribution in [1.82, 2.24) is 0 Å². The van der Waals surface area contributed by atoms with Gasteiger partial charge in [-0.15, -0.1) is 0 Å². The van der Waals surface area contributed by atoms with Gasteiger partial charge in [0.2, 0.25) is 0 Å². The lowest BCUT2D eigenvalue weighted by Gasteiger charge is -2.06. The first-order valence-corrected chi connectivity index (χ1v) is 7.78. The van der Waals surface area contributed by atoms with Crippen LogP contribution in [0.4, 0.5) is 0 Å². The van der Waals surface area contributed by atoms with Gasteiger partial charge in [0.25, 0.3) is 0 Å². The quantitative estimate of drug-likeness (QED) is 0.435. The molecule has 0 heterocycles. The van der Waals surface area contributed by atoms with E-state index in [1.807, 2.05) is 0 Å². The zero-order valence-electron chi connectivity index (χ0n) is 11.9. The largest absolute Gasteiger partial charge is 0.393 e. The third kappa shape index (κ3) is 13.9. The highest BCUT2D eigenvalue weighted by Crippen LogP contribution is 2.12. The van der Waals surface area contributed by atoms with Crippen molar-refractivity contribution in [3.63, 3.8) is 0 Å². The Bertz CT molecular complexity index is 133. The Morgan fingerprint density at radius 1 is 0.765 bits per heavy atom. The molecule has 0 rings (SSSR count). The zero-order chi connectivity index (χ0) is 12.8. The molecule has 103 valence electrons. The molecule has 1 atom stereocenters. The molecule has 0 aliphatic carbocycles. The van der Waals surface area contributed by atoms with E-state index in [4.69, 9.17) is 0 Å². The average Bonchev–Trinajstić information content (AvgIpc) is 2.35. The minimum absolute atomic E-state index is 0.159. The second kappa shape index (κ2) is 14.0. The second-order valence-electron chi connectivity index (χ2n) is 5.27. The SMILES string of the molecule is [CH2]CC(O)CCCCCCCCCCCCC. The molecule has 1 unspecified atom stereocenters. The van der Waals surface area contributed by atoms with Gasteiger partial charge >= 0.3 is 0 Å². The summed E-state index contributed by atoms with van der Waals surface area (Å²) < 4.78 is 0. The van der Waals surface area contributed by atoms with Gasteiger partial charge in [-0.05, 0) is 12.8 Å². The van der Waals surface area contributed by atoms with E-state index < -0.39 is 0 Å². The van der Waals surface area contributed by atoms with Gasteiger partial charge < -0.3 is 5.11 Å². The summed E-state index contributed by atoms with van der Waals surface area (Å²) in [5.74, 6) is 0. The molecule has 1 radical (unpaired) electrons. The Kier molecular flexibility index (Phi) is 14.0. The van der Waals surface area contributed by atoms with Crippen LogP contribution in [-0.4, -0.2) is 11.2 Å². The van der Waals surface area contributed by atoms with Gasteiger partial charge in [0, 0.05) is 0 Å². The highest BCUT2D eigenvalue weighted by Gasteiger charge is 1.99. The Morgan fingerprint density at radius 2 is 1.18 bits per heavy atom. The van der Waals surface area contributed by atoms with E-state index in [1.54, 1.807) is 0 Å². The van der Waals surface area contributed by atoms with Gasteiger partial charge in [0.1, 0.15) is 0 Å². The van der Waals surface area contributed by atoms with Crippen molar-refractivity contribution in [2.45, 2.75) is 96.5 Å². The summed E-state index contributed by atoms with van der Waals surface area (Å²) in [6.45, 7) is 5.97. The van der Waals surface area contributed by atoms with Crippen LogP contribution in [-0.2, 0) is 0 Å². The van der Waals surface area contributed by atoms with Gasteiger partial charge in [0.05, 0.1) is 6.10 Å². The fourth-order valence-corrected chi connectivity index (χ4v) is 2.19. The monoisotopic (exact) mass is 241 g/mol. The fourth-order valence-electron chi connectivity index (χ4n) is 2.19. The van der Waals surface area contributed by atoms with E-state index in [2.05, 4.69) is 13.8 Å². The Labute approximate surface area is 109 Å². The number of aliphatic hydroxyl groups is 1. The summed E-state index contributed by atoms with van der Waals surface area (Å²) in [6, 6.07) is 0. The van der Waals surface area contributed by atoms with Crippen molar-refractivity contribution in [2.75, 3.05) is 0 Å². The van der Waals surface area contributed by atoms with Crippen LogP contribution in [0.1, 0.15) is 90.4 Å². The van der Waals surface area contributed by atoms with Crippen molar-refractivity contribution >= 4 is 0 Å². The van der Waals surface area contributed by atoms with Gasteiger partial charge in [-0.25, -0.2) is 0 Å². The predicted molar refractivity (Wildman–Crippen MR) is 77.1 cm³/mol. The molecule has 0 aliphatic heterocycles. The third-order valence-corrected chi connectivity index (χ3v) is 3.47. The number of rotatable bonds is 13. The Balaban J connectivity index is 2.94. The number of aliphatic hydroxyl groups excluding tert-OH is 1. The van der Waals surface area contributed by atoms with E-state index in [-0.39, 0.29) is 6.10 Å². The molecule has 0 aromatic rings.